The fraction of sp³-hybridized carbons (Fsp3) is 0.500. The van der Waals surface area contributed by atoms with Crippen molar-refractivity contribution in [2.45, 2.75) is 25.8 Å². The molecule has 96 valence electrons. The molecule has 1 amide bonds. The highest BCUT2D eigenvalue weighted by molar-refractivity contribution is 5.94. The van der Waals surface area contributed by atoms with E-state index in [1.165, 1.54) is 12.4 Å². The highest BCUT2D eigenvalue weighted by Crippen LogP contribution is 2.24. The minimum Gasteiger partial charge on any atom is -0.481 e. The summed E-state index contributed by atoms with van der Waals surface area (Å²) in [6.07, 6.45) is 3.91. The summed E-state index contributed by atoms with van der Waals surface area (Å²) in [4.78, 5) is 24.8. The fourth-order valence-electron chi connectivity index (χ4n) is 2.28. The molecule has 2 rings (SSSR count). The van der Waals surface area contributed by atoms with Gasteiger partial charge in [0.1, 0.15) is 0 Å². The number of aromatic nitrogens is 2. The molecule has 1 aliphatic heterocycles. The van der Waals surface area contributed by atoms with Crippen LogP contribution in [-0.4, -0.2) is 44.7 Å². The first-order valence-corrected chi connectivity index (χ1v) is 5.90. The minimum absolute atomic E-state index is 0.0690. The van der Waals surface area contributed by atoms with Crippen LogP contribution in [0, 0.1) is 5.92 Å². The smallest absolute Gasteiger partial charge is 0.306 e. The molecule has 0 saturated carbocycles. The van der Waals surface area contributed by atoms with Gasteiger partial charge in [-0.15, -0.1) is 0 Å². The van der Waals surface area contributed by atoms with Gasteiger partial charge in [0, 0.05) is 12.6 Å². The summed E-state index contributed by atoms with van der Waals surface area (Å²) in [5.41, 5.74) is 0.491. The van der Waals surface area contributed by atoms with E-state index in [9.17, 15) is 9.59 Å². The third kappa shape index (κ3) is 2.47. The van der Waals surface area contributed by atoms with Crippen LogP contribution in [0.2, 0.25) is 0 Å². The second kappa shape index (κ2) is 5.12. The molecule has 6 nitrogen and oxygen atoms in total. The van der Waals surface area contributed by atoms with Crippen LogP contribution in [-0.2, 0) is 4.79 Å². The first-order valence-electron chi connectivity index (χ1n) is 5.90. The SMILES string of the molecule is CC1CC(C(=O)O)CCN1C(=O)c1ccnnc1. The van der Waals surface area contributed by atoms with Gasteiger partial charge in [0.25, 0.3) is 5.91 Å². The molecule has 18 heavy (non-hydrogen) atoms. The molecule has 2 unspecified atom stereocenters. The Morgan fingerprint density at radius 1 is 1.44 bits per heavy atom. The summed E-state index contributed by atoms with van der Waals surface area (Å²) in [6.45, 7) is 2.35. The highest BCUT2D eigenvalue weighted by atomic mass is 16.4. The normalized spacial score (nSPS) is 23.7. The number of aliphatic carboxylic acids is 1. The zero-order chi connectivity index (χ0) is 13.1. The average Bonchev–Trinajstić information content (AvgIpc) is 2.38. The van der Waals surface area contributed by atoms with Crippen molar-refractivity contribution in [1.82, 2.24) is 15.1 Å². The summed E-state index contributed by atoms with van der Waals surface area (Å²) in [5, 5.41) is 16.3. The molecule has 1 saturated heterocycles. The maximum atomic E-state index is 12.2. The maximum Gasteiger partial charge on any atom is 0.306 e. The van der Waals surface area contributed by atoms with Crippen molar-refractivity contribution < 1.29 is 14.7 Å². The lowest BCUT2D eigenvalue weighted by molar-refractivity contribution is -0.143. The number of carbonyl (C=O) groups excluding carboxylic acids is 1. The number of piperidine rings is 1. The molecule has 1 N–H and O–H groups in total. The van der Waals surface area contributed by atoms with Crippen LogP contribution in [0.3, 0.4) is 0 Å². The molecule has 1 aromatic heterocycles. The molecule has 0 radical (unpaired) electrons. The molecule has 1 aliphatic rings. The van der Waals surface area contributed by atoms with E-state index in [0.717, 1.165) is 0 Å². The van der Waals surface area contributed by atoms with Gasteiger partial charge < -0.3 is 10.0 Å². The van der Waals surface area contributed by atoms with Crippen LogP contribution in [0.5, 0.6) is 0 Å². The van der Waals surface area contributed by atoms with Crippen LogP contribution in [0.25, 0.3) is 0 Å². The second-order valence-electron chi connectivity index (χ2n) is 4.54. The number of carboxylic acids is 1. The van der Waals surface area contributed by atoms with Gasteiger partial charge in [-0.1, -0.05) is 0 Å². The van der Waals surface area contributed by atoms with Gasteiger partial charge in [0.15, 0.2) is 0 Å². The van der Waals surface area contributed by atoms with Gasteiger partial charge in [-0.3, -0.25) is 9.59 Å². The Balaban J connectivity index is 2.07. The molecule has 1 aromatic rings. The molecule has 0 bridgehead atoms. The van der Waals surface area contributed by atoms with Crippen molar-refractivity contribution in [3.63, 3.8) is 0 Å². The Morgan fingerprint density at radius 3 is 2.78 bits per heavy atom. The van der Waals surface area contributed by atoms with Crippen molar-refractivity contribution in [3.8, 4) is 0 Å². The number of nitrogens with zero attached hydrogens (tertiary/aromatic N) is 3. The molecular weight excluding hydrogens is 234 g/mol. The molecule has 0 aliphatic carbocycles. The van der Waals surface area contributed by atoms with Crippen LogP contribution in [0.1, 0.15) is 30.1 Å². The quantitative estimate of drug-likeness (QED) is 0.838. The predicted octanol–water partition coefficient (Wildman–Crippen LogP) is 0.802. The number of hydrogen-bond acceptors (Lipinski definition) is 4. The van der Waals surface area contributed by atoms with Crippen molar-refractivity contribution in [3.05, 3.63) is 24.0 Å². The van der Waals surface area contributed by atoms with E-state index >= 15 is 0 Å². The number of amides is 1. The molecular formula is C12H15N3O3. The Bertz CT molecular complexity index is 449. The maximum absolute atomic E-state index is 12.2. The van der Waals surface area contributed by atoms with E-state index in [0.29, 0.717) is 24.9 Å². The van der Waals surface area contributed by atoms with E-state index < -0.39 is 5.97 Å². The third-order valence-corrected chi connectivity index (χ3v) is 3.32. The lowest BCUT2D eigenvalue weighted by Gasteiger charge is -2.36. The van der Waals surface area contributed by atoms with E-state index in [4.69, 9.17) is 5.11 Å². The lowest BCUT2D eigenvalue weighted by Crippen LogP contribution is -2.46. The summed E-state index contributed by atoms with van der Waals surface area (Å²) in [6, 6.07) is 1.55. The molecule has 2 heterocycles. The van der Waals surface area contributed by atoms with Crippen LogP contribution in [0.15, 0.2) is 18.5 Å². The van der Waals surface area contributed by atoms with E-state index in [1.807, 2.05) is 6.92 Å². The lowest BCUT2D eigenvalue weighted by atomic mass is 9.91. The molecule has 2 atom stereocenters. The Morgan fingerprint density at radius 2 is 2.22 bits per heavy atom. The Kier molecular flexibility index (Phi) is 3.55. The average molecular weight is 249 g/mol. The van der Waals surface area contributed by atoms with Gasteiger partial charge in [-0.05, 0) is 25.8 Å². The van der Waals surface area contributed by atoms with Crippen LogP contribution in [0.4, 0.5) is 0 Å². The predicted molar refractivity (Wildman–Crippen MR) is 62.9 cm³/mol. The molecule has 0 aromatic carbocycles. The minimum atomic E-state index is -0.778. The van der Waals surface area contributed by atoms with Crippen molar-refractivity contribution in [1.29, 1.82) is 0 Å². The first-order chi connectivity index (χ1) is 8.59. The number of carboxylic acid groups (broad SMARTS) is 1. The van der Waals surface area contributed by atoms with Crippen LogP contribution < -0.4 is 0 Å². The van der Waals surface area contributed by atoms with E-state index in [1.54, 1.807) is 11.0 Å². The van der Waals surface area contributed by atoms with Crippen molar-refractivity contribution >= 4 is 11.9 Å². The number of rotatable bonds is 2. The van der Waals surface area contributed by atoms with E-state index in [2.05, 4.69) is 10.2 Å². The first kappa shape index (κ1) is 12.5. The second-order valence-corrected chi connectivity index (χ2v) is 4.54. The third-order valence-electron chi connectivity index (χ3n) is 3.32. The van der Waals surface area contributed by atoms with Crippen LogP contribution >= 0.6 is 0 Å². The summed E-state index contributed by atoms with van der Waals surface area (Å²) < 4.78 is 0. The monoisotopic (exact) mass is 249 g/mol. The largest absolute Gasteiger partial charge is 0.481 e. The van der Waals surface area contributed by atoms with E-state index in [-0.39, 0.29) is 17.9 Å². The molecule has 0 spiro atoms. The number of likely N-dealkylation sites (tertiary alicyclic amines) is 1. The van der Waals surface area contributed by atoms with Gasteiger partial charge in [-0.25, -0.2) is 0 Å². The van der Waals surface area contributed by atoms with Gasteiger partial charge in [0.05, 0.1) is 23.9 Å². The zero-order valence-electron chi connectivity index (χ0n) is 10.1. The van der Waals surface area contributed by atoms with Gasteiger partial charge >= 0.3 is 5.97 Å². The van der Waals surface area contributed by atoms with Gasteiger partial charge in [0.2, 0.25) is 0 Å². The highest BCUT2D eigenvalue weighted by Gasteiger charge is 2.32. The Hall–Kier alpha value is -1.98. The fourth-order valence-corrected chi connectivity index (χ4v) is 2.28. The number of hydrogen-bond donors (Lipinski definition) is 1. The molecule has 1 fully saturated rings. The standard InChI is InChI=1S/C12H15N3O3/c1-8-6-9(12(17)18)3-5-15(8)11(16)10-2-4-13-14-7-10/h2,4,7-9H,3,5-6H2,1H3,(H,17,18). The molecule has 6 heteroatoms. The number of carbonyl (C=O) groups is 2. The summed E-state index contributed by atoms with van der Waals surface area (Å²) in [5.74, 6) is -1.24. The Labute approximate surface area is 105 Å². The van der Waals surface area contributed by atoms with Crippen molar-refractivity contribution in [2.75, 3.05) is 6.54 Å². The topological polar surface area (TPSA) is 83.4 Å². The van der Waals surface area contributed by atoms with Crippen molar-refractivity contribution in [2.24, 2.45) is 5.92 Å². The summed E-state index contributed by atoms with van der Waals surface area (Å²) in [7, 11) is 0. The summed E-state index contributed by atoms with van der Waals surface area (Å²) >= 11 is 0. The van der Waals surface area contributed by atoms with Gasteiger partial charge in [-0.2, -0.15) is 10.2 Å². The zero-order valence-corrected chi connectivity index (χ0v) is 10.1.